The van der Waals surface area contributed by atoms with Gasteiger partial charge in [0.05, 0.1) is 18.5 Å². The summed E-state index contributed by atoms with van der Waals surface area (Å²) in [6.07, 6.45) is 4.79. The van der Waals surface area contributed by atoms with Crippen molar-refractivity contribution in [1.82, 2.24) is 20.1 Å². The summed E-state index contributed by atoms with van der Waals surface area (Å²) in [5.41, 5.74) is 0. The van der Waals surface area contributed by atoms with E-state index in [4.69, 9.17) is 4.74 Å². The molecule has 0 spiro atoms. The van der Waals surface area contributed by atoms with Crippen molar-refractivity contribution in [1.29, 1.82) is 0 Å². The predicted molar refractivity (Wildman–Crippen MR) is 104 cm³/mol. The van der Waals surface area contributed by atoms with Crippen LogP contribution in [0.15, 0.2) is 5.16 Å². The van der Waals surface area contributed by atoms with Gasteiger partial charge in [0.15, 0.2) is 5.16 Å². The molecular weight excluding hydrogens is 350 g/mol. The maximum absolute atomic E-state index is 12.7. The largest absolute Gasteiger partial charge is 0.378 e. The van der Waals surface area contributed by atoms with Crippen molar-refractivity contribution in [3.8, 4) is 0 Å². The van der Waals surface area contributed by atoms with Crippen molar-refractivity contribution < 1.29 is 9.53 Å². The van der Waals surface area contributed by atoms with Crippen LogP contribution >= 0.6 is 11.8 Å². The van der Waals surface area contributed by atoms with Gasteiger partial charge in [-0.1, -0.05) is 31.5 Å². The molecule has 0 aromatic carbocycles. The normalized spacial score (nSPS) is 25.1. The molecule has 7 nitrogen and oxygen atoms in total. The highest BCUT2D eigenvalue weighted by Gasteiger charge is 2.27. The molecule has 1 N–H and O–H groups in total. The third-order valence-electron chi connectivity index (χ3n) is 5.40. The van der Waals surface area contributed by atoms with E-state index in [2.05, 4.69) is 38.8 Å². The number of aromatic nitrogens is 3. The van der Waals surface area contributed by atoms with Gasteiger partial charge in [-0.3, -0.25) is 9.36 Å². The fraction of sp³-hybridized carbons (Fsp3) is 0.833. The molecule has 1 aromatic heterocycles. The number of ether oxygens (including phenoxy) is 1. The Labute approximate surface area is 160 Å². The average Bonchev–Trinajstić information content (AvgIpc) is 3.06. The van der Waals surface area contributed by atoms with E-state index in [9.17, 15) is 4.79 Å². The second kappa shape index (κ2) is 9.08. The Morgan fingerprint density at radius 1 is 1.31 bits per heavy atom. The molecule has 2 aliphatic rings. The first kappa shape index (κ1) is 19.5. The second-order valence-electron chi connectivity index (χ2n) is 7.26. The van der Waals surface area contributed by atoms with Crippen LogP contribution in [0.25, 0.3) is 0 Å². The number of anilines is 1. The zero-order chi connectivity index (χ0) is 18.5. The second-order valence-corrected chi connectivity index (χ2v) is 8.57. The number of amides is 1. The molecule has 2 heterocycles. The highest BCUT2D eigenvalue weighted by Crippen LogP contribution is 2.28. The molecule has 1 aromatic rings. The number of morpholine rings is 1. The van der Waals surface area contributed by atoms with Crippen molar-refractivity contribution in [2.75, 3.05) is 31.2 Å². The summed E-state index contributed by atoms with van der Waals surface area (Å²) < 4.78 is 7.52. The number of rotatable bonds is 6. The summed E-state index contributed by atoms with van der Waals surface area (Å²) in [4.78, 5) is 14.9. The van der Waals surface area contributed by atoms with Gasteiger partial charge in [-0.25, -0.2) is 0 Å². The van der Waals surface area contributed by atoms with E-state index in [-0.39, 0.29) is 11.2 Å². The molecule has 146 valence electrons. The Morgan fingerprint density at radius 3 is 2.73 bits per heavy atom. The van der Waals surface area contributed by atoms with Crippen LogP contribution in [0.5, 0.6) is 0 Å². The molecule has 1 aliphatic carbocycles. The SMILES string of the molecule is CCn1c(S[C@H](C)C(=O)N[C@H]2CCCC[C@@H]2C)nnc1N1CCOCC1. The van der Waals surface area contributed by atoms with Crippen molar-refractivity contribution in [3.63, 3.8) is 0 Å². The molecule has 1 amide bonds. The topological polar surface area (TPSA) is 72.3 Å². The minimum absolute atomic E-state index is 0.104. The third-order valence-corrected chi connectivity index (χ3v) is 6.48. The standard InChI is InChI=1S/C18H31N5O2S/c1-4-23-17(22-9-11-25-12-10-22)20-21-18(23)26-14(3)16(24)19-15-8-6-5-7-13(15)2/h13-15H,4-12H2,1-3H3,(H,19,24)/t13-,14+,15-/m0/s1. The first-order chi connectivity index (χ1) is 12.6. The predicted octanol–water partition coefficient (Wildman–Crippen LogP) is 2.31. The average molecular weight is 382 g/mol. The lowest BCUT2D eigenvalue weighted by Gasteiger charge is -2.30. The molecule has 0 bridgehead atoms. The van der Waals surface area contributed by atoms with E-state index in [1.165, 1.54) is 31.0 Å². The van der Waals surface area contributed by atoms with Crippen molar-refractivity contribution in [3.05, 3.63) is 0 Å². The quantitative estimate of drug-likeness (QED) is 0.763. The molecule has 0 unspecified atom stereocenters. The van der Waals surface area contributed by atoms with Gasteiger partial charge < -0.3 is 15.0 Å². The Bertz CT molecular complexity index is 602. The first-order valence-electron chi connectivity index (χ1n) is 9.83. The minimum atomic E-state index is -0.184. The maximum Gasteiger partial charge on any atom is 0.233 e. The summed E-state index contributed by atoms with van der Waals surface area (Å²) >= 11 is 1.50. The van der Waals surface area contributed by atoms with E-state index in [1.54, 1.807) is 0 Å². The van der Waals surface area contributed by atoms with E-state index in [0.29, 0.717) is 12.0 Å². The van der Waals surface area contributed by atoms with Crippen LogP contribution in [0.4, 0.5) is 5.95 Å². The summed E-state index contributed by atoms with van der Waals surface area (Å²) in [6.45, 7) is 10.2. The third kappa shape index (κ3) is 4.52. The highest BCUT2D eigenvalue weighted by molar-refractivity contribution is 8.00. The zero-order valence-electron chi connectivity index (χ0n) is 16.1. The van der Waals surface area contributed by atoms with Gasteiger partial charge >= 0.3 is 0 Å². The number of nitrogens with one attached hydrogen (secondary N) is 1. The van der Waals surface area contributed by atoms with Crippen LogP contribution in [0.3, 0.4) is 0 Å². The van der Waals surface area contributed by atoms with Crippen LogP contribution in [-0.4, -0.2) is 58.3 Å². The molecular formula is C18H31N5O2S. The maximum atomic E-state index is 12.7. The smallest absolute Gasteiger partial charge is 0.233 e. The van der Waals surface area contributed by atoms with Gasteiger partial charge in [0.25, 0.3) is 0 Å². The van der Waals surface area contributed by atoms with Gasteiger partial charge in [-0.15, -0.1) is 10.2 Å². The van der Waals surface area contributed by atoms with E-state index < -0.39 is 0 Å². The number of hydrogen-bond acceptors (Lipinski definition) is 6. The Balaban J connectivity index is 1.62. The summed E-state index contributed by atoms with van der Waals surface area (Å²) in [5.74, 6) is 1.55. The van der Waals surface area contributed by atoms with E-state index >= 15 is 0 Å². The molecule has 8 heteroatoms. The fourth-order valence-electron chi connectivity index (χ4n) is 3.68. The zero-order valence-corrected chi connectivity index (χ0v) is 16.9. The Kier molecular flexibility index (Phi) is 6.80. The van der Waals surface area contributed by atoms with Gasteiger partial charge in [0.1, 0.15) is 0 Å². The van der Waals surface area contributed by atoms with E-state index in [0.717, 1.165) is 50.4 Å². The summed E-state index contributed by atoms with van der Waals surface area (Å²) in [6, 6.07) is 0.312. The molecule has 1 saturated heterocycles. The Hall–Kier alpha value is -1.28. The van der Waals surface area contributed by atoms with Crippen molar-refractivity contribution in [2.24, 2.45) is 5.92 Å². The fourth-order valence-corrected chi connectivity index (χ4v) is 4.60. The van der Waals surface area contributed by atoms with Crippen molar-refractivity contribution >= 4 is 23.6 Å². The highest BCUT2D eigenvalue weighted by atomic mass is 32.2. The number of nitrogens with zero attached hydrogens (tertiary/aromatic N) is 4. The van der Waals surface area contributed by atoms with Crippen LogP contribution in [0.1, 0.15) is 46.5 Å². The number of carbonyl (C=O) groups is 1. The monoisotopic (exact) mass is 381 g/mol. The lowest BCUT2D eigenvalue weighted by atomic mass is 9.86. The van der Waals surface area contributed by atoms with E-state index in [1.807, 2.05) is 6.92 Å². The molecule has 3 atom stereocenters. The molecule has 2 fully saturated rings. The van der Waals surface area contributed by atoms with Crippen LogP contribution < -0.4 is 10.2 Å². The van der Waals surface area contributed by atoms with Crippen LogP contribution in [0, 0.1) is 5.92 Å². The summed E-state index contributed by atoms with van der Waals surface area (Å²) in [7, 11) is 0. The van der Waals surface area contributed by atoms with Gasteiger partial charge in [0, 0.05) is 25.7 Å². The van der Waals surface area contributed by atoms with Crippen LogP contribution in [0.2, 0.25) is 0 Å². The van der Waals surface area contributed by atoms with Gasteiger partial charge in [0.2, 0.25) is 11.9 Å². The molecule has 1 saturated carbocycles. The molecule has 3 rings (SSSR count). The lowest BCUT2D eigenvalue weighted by Crippen LogP contribution is -2.44. The molecule has 26 heavy (non-hydrogen) atoms. The molecule has 0 radical (unpaired) electrons. The lowest BCUT2D eigenvalue weighted by molar-refractivity contribution is -0.121. The number of thioether (sulfide) groups is 1. The summed E-state index contributed by atoms with van der Waals surface area (Å²) in [5, 5.41) is 12.6. The molecule has 1 aliphatic heterocycles. The number of carbonyl (C=O) groups excluding carboxylic acids is 1. The Morgan fingerprint density at radius 2 is 2.04 bits per heavy atom. The van der Waals surface area contributed by atoms with Gasteiger partial charge in [-0.05, 0) is 32.6 Å². The first-order valence-corrected chi connectivity index (χ1v) is 10.7. The number of hydrogen-bond donors (Lipinski definition) is 1. The van der Waals surface area contributed by atoms with Crippen molar-refractivity contribution in [2.45, 2.75) is 69.4 Å². The minimum Gasteiger partial charge on any atom is -0.378 e. The van der Waals surface area contributed by atoms with Gasteiger partial charge in [-0.2, -0.15) is 0 Å². The van der Waals surface area contributed by atoms with Crippen LogP contribution in [-0.2, 0) is 16.1 Å².